The van der Waals surface area contributed by atoms with Crippen LogP contribution in [-0.4, -0.2) is 5.78 Å². The van der Waals surface area contributed by atoms with Crippen molar-refractivity contribution in [3.8, 4) is 6.07 Å². The molecule has 0 aliphatic heterocycles. The van der Waals surface area contributed by atoms with E-state index in [1.807, 2.05) is 6.07 Å². The summed E-state index contributed by atoms with van der Waals surface area (Å²) in [6.07, 6.45) is 0. The van der Waals surface area contributed by atoms with Gasteiger partial charge in [0.1, 0.15) is 10.3 Å². The first kappa shape index (κ1) is 15.6. The Morgan fingerprint density at radius 2 is 1.90 bits per heavy atom. The Morgan fingerprint density at radius 1 is 1.20 bits per heavy atom. The SMILES string of the molecule is N#CC(C(=O)c1cc(Cl)sc1Cl)c1ccc(Cl)cc1Cl. The van der Waals surface area contributed by atoms with Gasteiger partial charge in [-0.15, -0.1) is 11.3 Å². The van der Waals surface area contributed by atoms with E-state index in [1.165, 1.54) is 12.1 Å². The van der Waals surface area contributed by atoms with E-state index in [0.717, 1.165) is 11.3 Å². The van der Waals surface area contributed by atoms with Crippen molar-refractivity contribution in [1.82, 2.24) is 0 Å². The lowest BCUT2D eigenvalue weighted by atomic mass is 9.93. The molecule has 0 aliphatic rings. The number of thiophene rings is 1. The van der Waals surface area contributed by atoms with Crippen molar-refractivity contribution in [2.75, 3.05) is 0 Å². The van der Waals surface area contributed by atoms with Crippen LogP contribution in [0.5, 0.6) is 0 Å². The number of carbonyl (C=O) groups is 1. The normalized spacial score (nSPS) is 11.9. The van der Waals surface area contributed by atoms with Crippen molar-refractivity contribution in [2.24, 2.45) is 0 Å². The number of nitrogens with zero attached hydrogens (tertiary/aromatic N) is 1. The molecule has 1 heterocycles. The molecule has 7 heteroatoms. The Bertz CT molecular complexity index is 720. The van der Waals surface area contributed by atoms with Crippen LogP contribution in [0.4, 0.5) is 0 Å². The largest absolute Gasteiger partial charge is 0.292 e. The third-order valence-electron chi connectivity index (χ3n) is 2.59. The quantitative estimate of drug-likeness (QED) is 0.640. The molecule has 2 aromatic rings. The molecule has 2 rings (SSSR count). The number of benzene rings is 1. The van der Waals surface area contributed by atoms with Gasteiger partial charge in [0.2, 0.25) is 0 Å². The van der Waals surface area contributed by atoms with Gasteiger partial charge in [-0.3, -0.25) is 4.79 Å². The number of ketones is 1. The lowest BCUT2D eigenvalue weighted by Gasteiger charge is -2.10. The van der Waals surface area contributed by atoms with Crippen LogP contribution < -0.4 is 0 Å². The Morgan fingerprint density at radius 3 is 2.40 bits per heavy atom. The highest BCUT2D eigenvalue weighted by atomic mass is 35.5. The molecule has 0 amide bonds. The molecule has 0 spiro atoms. The first-order chi connectivity index (χ1) is 9.43. The molecule has 2 nitrogen and oxygen atoms in total. The standard InChI is InChI=1S/C13H5Cl4NOS/c14-6-1-2-7(10(15)3-6)9(5-18)12(19)8-4-11(16)20-13(8)17/h1-4,9H. The molecule has 0 N–H and O–H groups in total. The second-order valence-electron chi connectivity index (χ2n) is 3.83. The predicted octanol–water partition coefficient (Wildman–Crippen LogP) is 5.85. The lowest BCUT2D eigenvalue weighted by Crippen LogP contribution is -2.11. The Hall–Kier alpha value is -0.760. The topological polar surface area (TPSA) is 40.9 Å². The first-order valence-corrected chi connectivity index (χ1v) is 7.60. The summed E-state index contributed by atoms with van der Waals surface area (Å²) in [7, 11) is 0. The maximum absolute atomic E-state index is 12.4. The van der Waals surface area contributed by atoms with Crippen LogP contribution in [-0.2, 0) is 0 Å². The molecular formula is C13H5Cl4NOS. The average molecular weight is 365 g/mol. The molecule has 0 fully saturated rings. The number of carbonyl (C=O) groups excluding carboxylic acids is 1. The summed E-state index contributed by atoms with van der Waals surface area (Å²) in [5.74, 6) is -1.49. The van der Waals surface area contributed by atoms with Crippen molar-refractivity contribution >= 4 is 63.5 Å². The van der Waals surface area contributed by atoms with Gasteiger partial charge in [0.15, 0.2) is 5.78 Å². The molecule has 20 heavy (non-hydrogen) atoms. The fraction of sp³-hybridized carbons (Fsp3) is 0.0769. The molecule has 1 aromatic carbocycles. The molecular weight excluding hydrogens is 360 g/mol. The molecule has 0 saturated heterocycles. The third-order valence-corrected chi connectivity index (χ3v) is 4.64. The van der Waals surface area contributed by atoms with Gasteiger partial charge in [0, 0.05) is 10.0 Å². The van der Waals surface area contributed by atoms with E-state index in [0.29, 0.717) is 14.9 Å². The second-order valence-corrected chi connectivity index (χ2v) is 6.96. The summed E-state index contributed by atoms with van der Waals surface area (Å²) in [6.45, 7) is 0. The van der Waals surface area contributed by atoms with E-state index in [-0.39, 0.29) is 14.9 Å². The molecule has 0 radical (unpaired) electrons. The Kier molecular flexibility index (Phi) is 4.95. The molecule has 1 aromatic heterocycles. The number of hydrogen-bond donors (Lipinski definition) is 0. The van der Waals surface area contributed by atoms with Gasteiger partial charge < -0.3 is 0 Å². The number of nitriles is 1. The first-order valence-electron chi connectivity index (χ1n) is 5.27. The average Bonchev–Trinajstić information content (AvgIpc) is 2.71. The van der Waals surface area contributed by atoms with Crippen LogP contribution in [0, 0.1) is 11.3 Å². The molecule has 102 valence electrons. The zero-order valence-corrected chi connectivity index (χ0v) is 13.5. The summed E-state index contributed by atoms with van der Waals surface area (Å²) in [6, 6.07) is 8.00. The highest BCUT2D eigenvalue weighted by Gasteiger charge is 2.27. The van der Waals surface area contributed by atoms with Gasteiger partial charge in [-0.25, -0.2) is 0 Å². The second kappa shape index (κ2) is 6.34. The molecule has 0 aliphatic carbocycles. The lowest BCUT2D eigenvalue weighted by molar-refractivity contribution is 0.0979. The van der Waals surface area contributed by atoms with E-state index >= 15 is 0 Å². The monoisotopic (exact) mass is 363 g/mol. The van der Waals surface area contributed by atoms with E-state index in [9.17, 15) is 10.1 Å². The van der Waals surface area contributed by atoms with Gasteiger partial charge in [-0.05, 0) is 23.8 Å². The minimum Gasteiger partial charge on any atom is -0.292 e. The van der Waals surface area contributed by atoms with E-state index < -0.39 is 11.7 Å². The maximum atomic E-state index is 12.4. The van der Waals surface area contributed by atoms with E-state index in [2.05, 4.69) is 0 Å². The minimum atomic E-state index is -1.05. The third kappa shape index (κ3) is 3.11. The van der Waals surface area contributed by atoms with E-state index in [4.69, 9.17) is 46.4 Å². The van der Waals surface area contributed by atoms with Gasteiger partial charge in [-0.1, -0.05) is 52.5 Å². The van der Waals surface area contributed by atoms with Crippen LogP contribution in [0.2, 0.25) is 18.7 Å². The predicted molar refractivity (Wildman–Crippen MR) is 83.5 cm³/mol. The van der Waals surface area contributed by atoms with Crippen LogP contribution in [0.1, 0.15) is 21.8 Å². The fourth-order valence-electron chi connectivity index (χ4n) is 1.67. The zero-order chi connectivity index (χ0) is 14.9. The number of hydrogen-bond acceptors (Lipinski definition) is 3. The van der Waals surface area contributed by atoms with Gasteiger partial charge in [0.25, 0.3) is 0 Å². The highest BCUT2D eigenvalue weighted by molar-refractivity contribution is 7.20. The van der Waals surface area contributed by atoms with Crippen LogP contribution in [0.25, 0.3) is 0 Å². The smallest absolute Gasteiger partial charge is 0.186 e. The Labute approximate surface area is 139 Å². The summed E-state index contributed by atoms with van der Waals surface area (Å²) in [5, 5.41) is 9.96. The Balaban J connectivity index is 2.45. The van der Waals surface area contributed by atoms with Gasteiger partial charge >= 0.3 is 0 Å². The summed E-state index contributed by atoms with van der Waals surface area (Å²) < 4.78 is 0.641. The summed E-state index contributed by atoms with van der Waals surface area (Å²) in [5.41, 5.74) is 0.612. The number of halogens is 4. The van der Waals surface area contributed by atoms with Gasteiger partial charge in [0.05, 0.1) is 16.0 Å². The van der Waals surface area contributed by atoms with Crippen molar-refractivity contribution in [3.63, 3.8) is 0 Å². The van der Waals surface area contributed by atoms with Crippen LogP contribution >= 0.6 is 57.7 Å². The number of Topliss-reactive ketones (excluding diaryl/α,β-unsaturated/α-hetero) is 1. The van der Waals surface area contributed by atoms with Crippen molar-refractivity contribution in [2.45, 2.75) is 5.92 Å². The zero-order valence-electron chi connectivity index (χ0n) is 9.66. The number of rotatable bonds is 3. The van der Waals surface area contributed by atoms with Crippen LogP contribution in [0.3, 0.4) is 0 Å². The minimum absolute atomic E-state index is 0.222. The summed E-state index contributed by atoms with van der Waals surface area (Å²) in [4.78, 5) is 12.4. The van der Waals surface area contributed by atoms with Crippen molar-refractivity contribution in [1.29, 1.82) is 5.26 Å². The van der Waals surface area contributed by atoms with Crippen molar-refractivity contribution in [3.05, 3.63) is 54.1 Å². The fourth-order valence-corrected chi connectivity index (χ4v) is 3.66. The van der Waals surface area contributed by atoms with Crippen LogP contribution in [0.15, 0.2) is 24.3 Å². The molecule has 1 atom stereocenters. The van der Waals surface area contributed by atoms with Gasteiger partial charge in [-0.2, -0.15) is 5.26 Å². The molecule has 1 unspecified atom stereocenters. The van der Waals surface area contributed by atoms with Crippen molar-refractivity contribution < 1.29 is 4.79 Å². The maximum Gasteiger partial charge on any atom is 0.186 e. The van der Waals surface area contributed by atoms with E-state index in [1.54, 1.807) is 12.1 Å². The molecule has 0 saturated carbocycles. The molecule has 0 bridgehead atoms. The summed E-state index contributed by atoms with van der Waals surface area (Å²) >= 11 is 24.7. The highest BCUT2D eigenvalue weighted by Crippen LogP contribution is 2.36.